The molecule has 0 atom stereocenters. The van der Waals surface area contributed by atoms with E-state index in [0.717, 1.165) is 17.2 Å². The number of rotatable bonds is 2. The summed E-state index contributed by atoms with van der Waals surface area (Å²) in [5.74, 6) is 1.87. The monoisotopic (exact) mass is 290 g/mol. The minimum absolute atomic E-state index is 0.505. The van der Waals surface area contributed by atoms with Crippen LogP contribution in [0.15, 0.2) is 18.2 Å². The van der Waals surface area contributed by atoms with Gasteiger partial charge in [-0.3, -0.25) is 0 Å². The smallest absolute Gasteiger partial charge is 0.164 e. The molecule has 1 aromatic heterocycles. The molecule has 2 aromatic rings. The molecule has 1 saturated carbocycles. The molecule has 1 aliphatic rings. The fraction of sp³-hybridized carbons (Fsp3) is 0.467. The molecule has 1 fully saturated rings. The van der Waals surface area contributed by atoms with Crippen molar-refractivity contribution in [2.45, 2.75) is 45.1 Å². The summed E-state index contributed by atoms with van der Waals surface area (Å²) in [5, 5.41) is 9.18. The van der Waals surface area contributed by atoms with Gasteiger partial charge in [-0.25, -0.2) is 0 Å². The van der Waals surface area contributed by atoms with Crippen LogP contribution in [0, 0.1) is 6.92 Å². The van der Waals surface area contributed by atoms with Crippen LogP contribution in [0.3, 0.4) is 0 Å². The lowest BCUT2D eigenvalue weighted by molar-refractivity contribution is 0.350. The van der Waals surface area contributed by atoms with E-state index in [1.165, 1.54) is 32.1 Å². The lowest BCUT2D eigenvalue weighted by Gasteiger charge is -2.25. The second kappa shape index (κ2) is 5.44. The zero-order chi connectivity index (χ0) is 14.1. The zero-order valence-electron chi connectivity index (χ0n) is 11.6. The maximum atomic E-state index is 5.99. The molecule has 20 heavy (non-hydrogen) atoms. The van der Waals surface area contributed by atoms with Gasteiger partial charge in [-0.1, -0.05) is 30.9 Å². The third-order valence-corrected chi connectivity index (χ3v) is 4.40. The molecule has 1 heterocycles. The summed E-state index contributed by atoms with van der Waals surface area (Å²) in [6, 6.07) is 6.17. The van der Waals surface area contributed by atoms with Crippen molar-refractivity contribution in [1.82, 2.24) is 14.8 Å². The first-order valence-electron chi connectivity index (χ1n) is 7.13. The van der Waals surface area contributed by atoms with E-state index in [9.17, 15) is 0 Å². The second-order valence-corrected chi connectivity index (χ2v) is 5.88. The van der Waals surface area contributed by atoms with Crippen LogP contribution in [0.2, 0.25) is 5.02 Å². The van der Waals surface area contributed by atoms with Gasteiger partial charge in [0.2, 0.25) is 0 Å². The van der Waals surface area contributed by atoms with Crippen LogP contribution < -0.4 is 5.73 Å². The lowest BCUT2D eigenvalue weighted by atomic mass is 9.95. The fourth-order valence-corrected chi connectivity index (χ4v) is 3.14. The molecule has 5 heteroatoms. The maximum Gasteiger partial charge on any atom is 0.164 e. The molecule has 2 N–H and O–H groups in total. The van der Waals surface area contributed by atoms with E-state index in [1.807, 2.05) is 25.1 Å². The Labute approximate surface area is 124 Å². The number of anilines is 1. The summed E-state index contributed by atoms with van der Waals surface area (Å²) < 4.78 is 2.27. The molecule has 0 radical (unpaired) electrons. The highest BCUT2D eigenvalue weighted by Crippen LogP contribution is 2.33. The number of nitrogen functional groups attached to an aromatic ring is 1. The molecule has 0 saturated heterocycles. The standard InChI is InChI=1S/C15H19ClN4/c1-10-18-19-15(11-7-8-13(16)14(17)9-11)20(10)12-5-3-2-4-6-12/h7-9,12H,2-6,17H2,1H3. The van der Waals surface area contributed by atoms with E-state index < -0.39 is 0 Å². The number of halogens is 1. The highest BCUT2D eigenvalue weighted by atomic mass is 35.5. The Hall–Kier alpha value is -1.55. The topological polar surface area (TPSA) is 56.7 Å². The van der Waals surface area contributed by atoms with Gasteiger partial charge >= 0.3 is 0 Å². The molecule has 1 aromatic carbocycles. The van der Waals surface area contributed by atoms with Gasteiger partial charge in [0.1, 0.15) is 5.82 Å². The molecular formula is C15H19ClN4. The Morgan fingerprint density at radius 3 is 2.65 bits per heavy atom. The first-order valence-corrected chi connectivity index (χ1v) is 7.51. The summed E-state index contributed by atoms with van der Waals surface area (Å²) in [6.45, 7) is 2.02. The van der Waals surface area contributed by atoms with Gasteiger partial charge in [0.05, 0.1) is 10.7 Å². The van der Waals surface area contributed by atoms with Gasteiger partial charge in [0, 0.05) is 11.6 Å². The molecule has 3 rings (SSSR count). The van der Waals surface area contributed by atoms with Crippen molar-refractivity contribution in [2.24, 2.45) is 0 Å². The van der Waals surface area contributed by atoms with Crippen molar-refractivity contribution in [3.8, 4) is 11.4 Å². The first kappa shape index (κ1) is 13.4. The van der Waals surface area contributed by atoms with Crippen molar-refractivity contribution in [3.63, 3.8) is 0 Å². The summed E-state index contributed by atoms with van der Waals surface area (Å²) in [5.41, 5.74) is 7.47. The van der Waals surface area contributed by atoms with Crippen LogP contribution in [-0.2, 0) is 0 Å². The molecular weight excluding hydrogens is 272 g/mol. The predicted octanol–water partition coefficient (Wildman–Crippen LogP) is 3.99. The van der Waals surface area contributed by atoms with Crippen LogP contribution in [0.4, 0.5) is 5.69 Å². The van der Waals surface area contributed by atoms with E-state index >= 15 is 0 Å². The first-order chi connectivity index (χ1) is 9.66. The number of nitrogens with zero attached hydrogens (tertiary/aromatic N) is 3. The van der Waals surface area contributed by atoms with Gasteiger partial charge in [0.25, 0.3) is 0 Å². The number of hydrogen-bond acceptors (Lipinski definition) is 3. The van der Waals surface area contributed by atoms with E-state index in [2.05, 4.69) is 14.8 Å². The Bertz CT molecular complexity index is 614. The maximum absolute atomic E-state index is 5.99. The Morgan fingerprint density at radius 2 is 1.95 bits per heavy atom. The predicted molar refractivity (Wildman–Crippen MR) is 81.7 cm³/mol. The normalized spacial score (nSPS) is 16.5. The second-order valence-electron chi connectivity index (χ2n) is 5.47. The number of aryl methyl sites for hydroxylation is 1. The van der Waals surface area contributed by atoms with Crippen molar-refractivity contribution >= 4 is 17.3 Å². The SMILES string of the molecule is Cc1nnc(-c2ccc(Cl)c(N)c2)n1C1CCCCC1. The lowest BCUT2D eigenvalue weighted by Crippen LogP contribution is -2.15. The van der Waals surface area contributed by atoms with Crippen LogP contribution in [0.5, 0.6) is 0 Å². The van der Waals surface area contributed by atoms with E-state index in [0.29, 0.717) is 16.8 Å². The Kier molecular flexibility index (Phi) is 3.66. The minimum atomic E-state index is 0.505. The zero-order valence-corrected chi connectivity index (χ0v) is 12.4. The highest BCUT2D eigenvalue weighted by molar-refractivity contribution is 6.33. The average molecular weight is 291 g/mol. The third kappa shape index (κ3) is 2.40. The molecule has 0 aliphatic heterocycles. The van der Waals surface area contributed by atoms with Gasteiger partial charge < -0.3 is 10.3 Å². The third-order valence-electron chi connectivity index (χ3n) is 4.06. The minimum Gasteiger partial charge on any atom is -0.398 e. The van der Waals surface area contributed by atoms with Crippen LogP contribution in [-0.4, -0.2) is 14.8 Å². The molecule has 0 amide bonds. The highest BCUT2D eigenvalue weighted by Gasteiger charge is 2.21. The molecule has 0 bridgehead atoms. The van der Waals surface area contributed by atoms with Crippen LogP contribution in [0.25, 0.3) is 11.4 Å². The number of aromatic nitrogens is 3. The van der Waals surface area contributed by atoms with E-state index in [1.54, 1.807) is 0 Å². The quantitative estimate of drug-likeness (QED) is 0.851. The van der Waals surface area contributed by atoms with Gasteiger partial charge in [-0.05, 0) is 38.0 Å². The van der Waals surface area contributed by atoms with Gasteiger partial charge in [-0.2, -0.15) is 0 Å². The summed E-state index contributed by atoms with van der Waals surface area (Å²) in [7, 11) is 0. The van der Waals surface area contributed by atoms with E-state index in [-0.39, 0.29) is 0 Å². The Balaban J connectivity index is 2.03. The van der Waals surface area contributed by atoms with Gasteiger partial charge in [-0.15, -0.1) is 10.2 Å². The van der Waals surface area contributed by atoms with Gasteiger partial charge in [0.15, 0.2) is 5.82 Å². The molecule has 1 aliphatic carbocycles. The number of hydrogen-bond donors (Lipinski definition) is 1. The number of benzene rings is 1. The number of nitrogens with two attached hydrogens (primary N) is 1. The van der Waals surface area contributed by atoms with Crippen molar-refractivity contribution in [3.05, 3.63) is 29.0 Å². The van der Waals surface area contributed by atoms with Crippen LogP contribution >= 0.6 is 11.6 Å². The van der Waals surface area contributed by atoms with Crippen molar-refractivity contribution in [1.29, 1.82) is 0 Å². The molecule has 0 unspecified atom stereocenters. The molecule has 0 spiro atoms. The van der Waals surface area contributed by atoms with Crippen LogP contribution in [0.1, 0.15) is 44.0 Å². The summed E-state index contributed by atoms with van der Waals surface area (Å²) in [4.78, 5) is 0. The fourth-order valence-electron chi connectivity index (χ4n) is 3.03. The molecule has 4 nitrogen and oxygen atoms in total. The van der Waals surface area contributed by atoms with Crippen molar-refractivity contribution < 1.29 is 0 Å². The summed E-state index contributed by atoms with van der Waals surface area (Å²) >= 11 is 5.99. The van der Waals surface area contributed by atoms with Crippen molar-refractivity contribution in [2.75, 3.05) is 5.73 Å². The Morgan fingerprint density at radius 1 is 1.20 bits per heavy atom. The summed E-state index contributed by atoms with van der Waals surface area (Å²) in [6.07, 6.45) is 6.31. The largest absolute Gasteiger partial charge is 0.398 e. The van der Waals surface area contributed by atoms with E-state index in [4.69, 9.17) is 17.3 Å². The molecule has 106 valence electrons. The average Bonchev–Trinajstić information content (AvgIpc) is 2.85.